The first-order valence-electron chi connectivity index (χ1n) is 7.10. The summed E-state index contributed by atoms with van der Waals surface area (Å²) in [6.45, 7) is 13.1. The van der Waals surface area contributed by atoms with Gasteiger partial charge < -0.3 is 21.9 Å². The zero-order chi connectivity index (χ0) is 15.0. The van der Waals surface area contributed by atoms with E-state index >= 15 is 0 Å². The molecular formula is C13H32BrN5S. The van der Waals surface area contributed by atoms with Gasteiger partial charge in [-0.1, -0.05) is 8.61 Å². The average molecular weight is 370 g/mol. The molecule has 122 valence electrons. The zero-order valence-electron chi connectivity index (χ0n) is 14.4. The van der Waals surface area contributed by atoms with E-state index in [0.29, 0.717) is 0 Å². The van der Waals surface area contributed by atoms with Gasteiger partial charge in [-0.05, 0) is 27.7 Å². The maximum Gasteiger partial charge on any atom is 0.298 e. The van der Waals surface area contributed by atoms with Crippen molar-refractivity contribution in [3.8, 4) is 0 Å². The molecule has 0 heterocycles. The molecule has 5 nitrogen and oxygen atoms in total. The van der Waals surface area contributed by atoms with Gasteiger partial charge in [0.2, 0.25) is 5.96 Å². The second-order valence-corrected chi connectivity index (χ2v) is 6.46. The number of hydrogen-bond donors (Lipinski definition) is 0. The van der Waals surface area contributed by atoms with Crippen molar-refractivity contribution in [3.05, 3.63) is 0 Å². The summed E-state index contributed by atoms with van der Waals surface area (Å²) in [5.74, 6) is 1.02. The van der Waals surface area contributed by atoms with E-state index in [1.54, 1.807) is 0 Å². The van der Waals surface area contributed by atoms with Gasteiger partial charge in [-0.2, -0.15) is 0 Å². The summed E-state index contributed by atoms with van der Waals surface area (Å²) in [6, 6.07) is 0. The molecule has 0 N–H and O–H groups in total. The van der Waals surface area contributed by atoms with Gasteiger partial charge in [0.1, 0.15) is 0 Å². The molecule has 0 aromatic heterocycles. The summed E-state index contributed by atoms with van der Waals surface area (Å²) in [5.41, 5.74) is 0. The van der Waals surface area contributed by atoms with Crippen LogP contribution in [0.25, 0.3) is 0 Å². The monoisotopic (exact) mass is 369 g/mol. The van der Waals surface area contributed by atoms with Crippen LogP contribution in [-0.4, -0.2) is 78.1 Å². The average Bonchev–Trinajstić information content (AvgIpc) is 2.39. The maximum absolute atomic E-state index is 4.43. The molecule has 0 aliphatic heterocycles. The molecule has 7 heteroatoms. The third-order valence-electron chi connectivity index (χ3n) is 3.00. The molecule has 0 radical (unpaired) electrons. The molecular weight excluding hydrogens is 338 g/mol. The molecule has 0 aromatic rings. The van der Waals surface area contributed by atoms with Crippen molar-refractivity contribution in [2.24, 2.45) is 4.99 Å². The Morgan fingerprint density at radius 1 is 0.850 bits per heavy atom. The third-order valence-corrected chi connectivity index (χ3v) is 5.61. The molecule has 0 atom stereocenters. The SMILES string of the molecule is CCN(CC)[S+](N(CC)CC)N(C)C(=NC)N(C)C.[Br-]. The van der Waals surface area contributed by atoms with Gasteiger partial charge in [0.05, 0.1) is 7.05 Å². The van der Waals surface area contributed by atoms with Gasteiger partial charge in [-0.25, -0.2) is 0 Å². The summed E-state index contributed by atoms with van der Waals surface area (Å²) < 4.78 is 7.27. The minimum absolute atomic E-state index is 0. The number of hydrogen-bond acceptors (Lipinski definition) is 3. The fraction of sp³-hybridized carbons (Fsp3) is 0.923. The Morgan fingerprint density at radius 3 is 1.40 bits per heavy atom. The normalized spacial score (nSPS) is 12.1. The van der Waals surface area contributed by atoms with Crippen LogP contribution in [0, 0.1) is 0 Å². The van der Waals surface area contributed by atoms with Crippen LogP contribution in [0.5, 0.6) is 0 Å². The van der Waals surface area contributed by atoms with Gasteiger partial charge in [0, 0.05) is 47.3 Å². The Labute approximate surface area is 139 Å². The van der Waals surface area contributed by atoms with Crippen LogP contribution in [-0.2, 0) is 11.5 Å². The second-order valence-electron chi connectivity index (χ2n) is 4.39. The van der Waals surface area contributed by atoms with E-state index in [9.17, 15) is 0 Å². The molecule has 0 fully saturated rings. The quantitative estimate of drug-likeness (QED) is 0.310. The van der Waals surface area contributed by atoms with Gasteiger partial charge in [-0.3, -0.25) is 4.99 Å². The molecule has 0 unspecified atom stereocenters. The first kappa shape index (κ1) is 22.3. The molecule has 0 rings (SSSR count). The maximum atomic E-state index is 4.43. The lowest BCUT2D eigenvalue weighted by Crippen LogP contribution is -3.00. The van der Waals surface area contributed by atoms with Crippen LogP contribution in [0.3, 0.4) is 0 Å². The molecule has 0 saturated heterocycles. The Bertz CT molecular complexity index is 255. The van der Waals surface area contributed by atoms with Crippen molar-refractivity contribution < 1.29 is 17.0 Å². The summed E-state index contributed by atoms with van der Waals surface area (Å²) in [7, 11) is 8.09. The van der Waals surface area contributed by atoms with E-state index in [4.69, 9.17) is 0 Å². The zero-order valence-corrected chi connectivity index (χ0v) is 16.8. The van der Waals surface area contributed by atoms with E-state index < -0.39 is 0 Å². The van der Waals surface area contributed by atoms with Gasteiger partial charge in [0.25, 0.3) is 11.5 Å². The van der Waals surface area contributed by atoms with Crippen molar-refractivity contribution in [1.29, 1.82) is 0 Å². The lowest BCUT2D eigenvalue weighted by Gasteiger charge is -2.32. The van der Waals surface area contributed by atoms with Crippen LogP contribution >= 0.6 is 0 Å². The predicted octanol–water partition coefficient (Wildman–Crippen LogP) is -1.48. The highest BCUT2D eigenvalue weighted by molar-refractivity contribution is 7.90. The molecule has 0 spiro atoms. The van der Waals surface area contributed by atoms with E-state index in [0.717, 1.165) is 32.1 Å². The smallest absolute Gasteiger partial charge is 0.298 e. The summed E-state index contributed by atoms with van der Waals surface area (Å²) in [6.07, 6.45) is 0. The molecule has 20 heavy (non-hydrogen) atoms. The van der Waals surface area contributed by atoms with Crippen LogP contribution in [0.1, 0.15) is 27.7 Å². The molecule has 0 aromatic carbocycles. The fourth-order valence-corrected chi connectivity index (χ4v) is 4.45. The largest absolute Gasteiger partial charge is 1.00 e. The van der Waals surface area contributed by atoms with Crippen molar-refractivity contribution in [2.45, 2.75) is 27.7 Å². The highest BCUT2D eigenvalue weighted by Gasteiger charge is 2.41. The molecule has 0 bridgehead atoms. The topological polar surface area (TPSA) is 25.3 Å². The summed E-state index contributed by atoms with van der Waals surface area (Å²) >= 11 is -0.0679. The van der Waals surface area contributed by atoms with E-state index in [1.165, 1.54) is 0 Å². The molecule has 0 aliphatic rings. The van der Waals surface area contributed by atoms with Crippen molar-refractivity contribution >= 4 is 17.4 Å². The number of rotatable bonds is 7. The van der Waals surface area contributed by atoms with Gasteiger partial charge in [-0.15, -0.1) is 4.31 Å². The highest BCUT2D eigenvalue weighted by atomic mass is 79.9. The lowest BCUT2D eigenvalue weighted by atomic mass is 10.7. The fourth-order valence-electron chi connectivity index (χ4n) is 2.11. The number of halogens is 1. The Balaban J connectivity index is 0. The summed E-state index contributed by atoms with van der Waals surface area (Å²) in [5, 5.41) is 0. The van der Waals surface area contributed by atoms with E-state index in [1.807, 2.05) is 21.1 Å². The Kier molecular flexibility index (Phi) is 13.0. The third kappa shape index (κ3) is 5.79. The first-order chi connectivity index (χ1) is 8.98. The number of aliphatic imine (C=N–C) groups is 1. The summed E-state index contributed by atoms with van der Waals surface area (Å²) in [4.78, 5) is 6.51. The van der Waals surface area contributed by atoms with E-state index in [2.05, 4.69) is 57.6 Å². The lowest BCUT2D eigenvalue weighted by molar-refractivity contribution is -0.00000471. The standard InChI is InChI=1S/C13H32N5S.BrH/c1-9-17(10-2)19(18(11-3)12-4)16(8)13(14-5)15(6)7;/h9-12H2,1-8H3;1H/q+1;/p-1. The van der Waals surface area contributed by atoms with Gasteiger partial charge in [0.15, 0.2) is 0 Å². The minimum atomic E-state index is -0.0679. The van der Waals surface area contributed by atoms with Crippen LogP contribution in [0.4, 0.5) is 0 Å². The first-order valence-corrected chi connectivity index (χ1v) is 8.20. The van der Waals surface area contributed by atoms with Crippen LogP contribution < -0.4 is 17.0 Å². The highest BCUT2D eigenvalue weighted by Crippen LogP contribution is 2.16. The second kappa shape index (κ2) is 11.7. The van der Waals surface area contributed by atoms with Crippen LogP contribution in [0.15, 0.2) is 4.99 Å². The minimum Gasteiger partial charge on any atom is -1.00 e. The molecule has 0 saturated carbocycles. The van der Waals surface area contributed by atoms with Gasteiger partial charge >= 0.3 is 0 Å². The van der Waals surface area contributed by atoms with Crippen molar-refractivity contribution in [3.63, 3.8) is 0 Å². The van der Waals surface area contributed by atoms with Crippen molar-refractivity contribution in [2.75, 3.05) is 54.4 Å². The molecule has 0 aliphatic carbocycles. The van der Waals surface area contributed by atoms with Crippen LogP contribution in [0.2, 0.25) is 0 Å². The van der Waals surface area contributed by atoms with E-state index in [-0.39, 0.29) is 28.4 Å². The number of nitrogens with zero attached hydrogens (tertiary/aromatic N) is 5. The molecule has 0 amide bonds. The van der Waals surface area contributed by atoms with Crippen molar-refractivity contribution in [1.82, 2.24) is 17.8 Å². The Hall–Kier alpha value is 0.0200. The Morgan fingerprint density at radius 2 is 1.20 bits per heavy atom. The number of guanidine groups is 1. The predicted molar refractivity (Wildman–Crippen MR) is 88.0 cm³/mol.